The smallest absolute Gasteiger partial charge is 0.222 e. The minimum atomic E-state index is 0.403. The molecule has 4 rings (SSSR count). The van der Waals surface area contributed by atoms with E-state index in [0.29, 0.717) is 23.8 Å². The van der Waals surface area contributed by atoms with Crippen LogP contribution in [0.3, 0.4) is 0 Å². The average molecular weight is 315 g/mol. The lowest BCUT2D eigenvalue weighted by molar-refractivity contribution is -0.133. The van der Waals surface area contributed by atoms with E-state index in [4.69, 9.17) is 0 Å². The zero-order valence-corrected chi connectivity index (χ0v) is 14.3. The molecule has 4 heteroatoms. The highest BCUT2D eigenvalue weighted by Gasteiger charge is 2.33. The van der Waals surface area contributed by atoms with E-state index in [2.05, 4.69) is 21.4 Å². The lowest BCUT2D eigenvalue weighted by atomic mass is 10.00. The van der Waals surface area contributed by atoms with Gasteiger partial charge < -0.3 is 9.47 Å². The van der Waals surface area contributed by atoms with E-state index in [0.717, 1.165) is 32.4 Å². The van der Waals surface area contributed by atoms with Gasteiger partial charge in [0.25, 0.3) is 0 Å². The predicted octanol–water partition coefficient (Wildman–Crippen LogP) is 3.81. The molecule has 0 unspecified atom stereocenters. The Labute approximate surface area is 139 Å². The van der Waals surface area contributed by atoms with Gasteiger partial charge in [-0.05, 0) is 51.4 Å². The number of nitrogens with zero attached hydrogens (tertiary/aromatic N) is 3. The lowest BCUT2D eigenvalue weighted by Gasteiger charge is -2.34. The Kier molecular flexibility index (Phi) is 4.16. The quantitative estimate of drug-likeness (QED) is 0.847. The second kappa shape index (κ2) is 6.29. The van der Waals surface area contributed by atoms with Crippen molar-refractivity contribution in [3.63, 3.8) is 0 Å². The van der Waals surface area contributed by atoms with Gasteiger partial charge in [-0.15, -0.1) is 0 Å². The van der Waals surface area contributed by atoms with Crippen molar-refractivity contribution in [1.82, 2.24) is 14.5 Å². The molecule has 0 spiro atoms. The molecule has 1 aromatic heterocycles. The van der Waals surface area contributed by atoms with Gasteiger partial charge in [-0.1, -0.05) is 12.8 Å². The normalized spacial score (nSPS) is 23.6. The Bertz CT molecular complexity index is 561. The second-order valence-corrected chi connectivity index (χ2v) is 7.87. The van der Waals surface area contributed by atoms with Crippen molar-refractivity contribution in [1.29, 1.82) is 0 Å². The Hall–Kier alpha value is -1.32. The predicted molar refractivity (Wildman–Crippen MR) is 90.4 cm³/mol. The van der Waals surface area contributed by atoms with Crippen molar-refractivity contribution in [2.24, 2.45) is 5.92 Å². The van der Waals surface area contributed by atoms with Crippen LogP contribution in [0.15, 0.2) is 6.20 Å². The molecule has 3 aliphatic rings. The summed E-state index contributed by atoms with van der Waals surface area (Å²) in [7, 11) is 0. The fourth-order valence-corrected chi connectivity index (χ4v) is 4.55. The molecule has 2 heterocycles. The largest absolute Gasteiger partial charge is 0.343 e. The Morgan fingerprint density at radius 1 is 1.13 bits per heavy atom. The molecule has 2 saturated carbocycles. The van der Waals surface area contributed by atoms with Crippen molar-refractivity contribution in [3.05, 3.63) is 17.7 Å². The molecular weight excluding hydrogens is 286 g/mol. The highest BCUT2D eigenvalue weighted by molar-refractivity contribution is 5.76. The highest BCUT2D eigenvalue weighted by atomic mass is 16.2. The van der Waals surface area contributed by atoms with Crippen molar-refractivity contribution in [2.75, 3.05) is 13.1 Å². The molecule has 1 amide bonds. The van der Waals surface area contributed by atoms with Crippen LogP contribution < -0.4 is 0 Å². The zero-order valence-electron chi connectivity index (χ0n) is 14.3. The summed E-state index contributed by atoms with van der Waals surface area (Å²) < 4.78 is 2.48. The minimum Gasteiger partial charge on any atom is -0.343 e. The van der Waals surface area contributed by atoms with E-state index in [1.807, 2.05) is 6.20 Å². The average Bonchev–Trinajstić information content (AvgIpc) is 3.14. The summed E-state index contributed by atoms with van der Waals surface area (Å²) >= 11 is 0. The van der Waals surface area contributed by atoms with Gasteiger partial charge in [0.15, 0.2) is 0 Å². The summed E-state index contributed by atoms with van der Waals surface area (Å²) in [6.07, 6.45) is 12.8. The highest BCUT2D eigenvalue weighted by Crippen LogP contribution is 2.41. The van der Waals surface area contributed by atoms with Gasteiger partial charge in [0, 0.05) is 43.4 Å². The summed E-state index contributed by atoms with van der Waals surface area (Å²) in [5.41, 5.74) is 1.29. The summed E-state index contributed by atoms with van der Waals surface area (Å²) in [4.78, 5) is 19.3. The molecule has 0 aromatic carbocycles. The molecule has 0 N–H and O–H groups in total. The first-order chi connectivity index (χ1) is 11.2. The minimum absolute atomic E-state index is 0.403. The number of hydrogen-bond acceptors (Lipinski definition) is 2. The number of hydrogen-bond donors (Lipinski definition) is 0. The first kappa shape index (κ1) is 15.2. The monoisotopic (exact) mass is 315 g/mol. The second-order valence-electron chi connectivity index (χ2n) is 7.87. The number of aryl methyl sites for hydroxylation is 1. The molecule has 3 fully saturated rings. The fourth-order valence-electron chi connectivity index (χ4n) is 4.55. The molecule has 0 atom stereocenters. The maximum atomic E-state index is 12.5. The van der Waals surface area contributed by atoms with Crippen LogP contribution in [0, 0.1) is 12.8 Å². The van der Waals surface area contributed by atoms with Crippen LogP contribution in [0.5, 0.6) is 0 Å². The van der Waals surface area contributed by atoms with E-state index >= 15 is 0 Å². The molecule has 23 heavy (non-hydrogen) atoms. The first-order valence-corrected chi connectivity index (χ1v) is 9.54. The van der Waals surface area contributed by atoms with Gasteiger partial charge in [-0.25, -0.2) is 4.98 Å². The number of aromatic nitrogens is 2. The zero-order chi connectivity index (χ0) is 15.8. The maximum absolute atomic E-state index is 12.5. The van der Waals surface area contributed by atoms with E-state index in [9.17, 15) is 4.79 Å². The van der Waals surface area contributed by atoms with Gasteiger partial charge in [-0.3, -0.25) is 4.79 Å². The van der Waals surface area contributed by atoms with Crippen LogP contribution in [0.4, 0.5) is 0 Å². The molecular formula is C19H29N3O. The summed E-state index contributed by atoms with van der Waals surface area (Å²) in [5, 5.41) is 0. The number of imidazole rings is 1. The van der Waals surface area contributed by atoms with Crippen LogP contribution in [0.25, 0.3) is 0 Å². The van der Waals surface area contributed by atoms with Gasteiger partial charge >= 0.3 is 0 Å². The molecule has 0 bridgehead atoms. The molecule has 1 aliphatic heterocycles. The number of likely N-dealkylation sites (tertiary alicyclic amines) is 1. The number of carbonyl (C=O) groups excluding carboxylic acids is 1. The van der Waals surface area contributed by atoms with Crippen molar-refractivity contribution < 1.29 is 4.79 Å². The van der Waals surface area contributed by atoms with E-state index in [-0.39, 0.29) is 0 Å². The van der Waals surface area contributed by atoms with Crippen LogP contribution >= 0.6 is 0 Å². The third-order valence-electron chi connectivity index (χ3n) is 6.07. The SMILES string of the molecule is Cc1cnc(C2CC2)n1C1CCN(C(=O)CC2CCCC2)CC1. The Morgan fingerprint density at radius 2 is 1.83 bits per heavy atom. The standard InChI is InChI=1S/C19H29N3O/c1-14-13-20-19(16-6-7-16)22(14)17-8-10-21(11-9-17)18(23)12-15-4-2-3-5-15/h13,15-17H,2-12H2,1H3. The van der Waals surface area contributed by atoms with Crippen molar-refractivity contribution >= 4 is 5.91 Å². The molecule has 0 radical (unpaired) electrons. The Morgan fingerprint density at radius 3 is 2.48 bits per heavy atom. The van der Waals surface area contributed by atoms with Crippen LogP contribution in [0.1, 0.15) is 81.3 Å². The molecule has 126 valence electrons. The van der Waals surface area contributed by atoms with E-state index < -0.39 is 0 Å². The number of piperidine rings is 1. The van der Waals surface area contributed by atoms with Crippen molar-refractivity contribution in [2.45, 2.75) is 76.7 Å². The first-order valence-electron chi connectivity index (χ1n) is 9.54. The summed E-state index contributed by atoms with van der Waals surface area (Å²) in [6, 6.07) is 0.545. The van der Waals surface area contributed by atoms with Crippen molar-refractivity contribution in [3.8, 4) is 0 Å². The number of carbonyl (C=O) groups is 1. The van der Waals surface area contributed by atoms with Crippen LogP contribution in [0.2, 0.25) is 0 Å². The maximum Gasteiger partial charge on any atom is 0.222 e. The third kappa shape index (κ3) is 3.17. The van der Waals surface area contributed by atoms with Gasteiger partial charge in [0.05, 0.1) is 0 Å². The lowest BCUT2D eigenvalue weighted by Crippen LogP contribution is -2.40. The Balaban J connectivity index is 1.35. The number of amides is 1. The van der Waals surface area contributed by atoms with Crippen LogP contribution in [-0.4, -0.2) is 33.4 Å². The van der Waals surface area contributed by atoms with Crippen LogP contribution in [-0.2, 0) is 4.79 Å². The van der Waals surface area contributed by atoms with E-state index in [1.165, 1.54) is 50.0 Å². The van der Waals surface area contributed by atoms with Gasteiger partial charge in [0.1, 0.15) is 5.82 Å². The molecule has 2 aliphatic carbocycles. The topological polar surface area (TPSA) is 38.1 Å². The van der Waals surface area contributed by atoms with Gasteiger partial charge in [0.2, 0.25) is 5.91 Å². The number of rotatable bonds is 4. The fraction of sp³-hybridized carbons (Fsp3) is 0.789. The molecule has 1 saturated heterocycles. The molecule has 4 nitrogen and oxygen atoms in total. The van der Waals surface area contributed by atoms with Gasteiger partial charge in [-0.2, -0.15) is 0 Å². The van der Waals surface area contributed by atoms with E-state index in [1.54, 1.807) is 0 Å². The molecule has 1 aromatic rings. The summed E-state index contributed by atoms with van der Waals surface area (Å²) in [6.45, 7) is 4.03. The third-order valence-corrected chi connectivity index (χ3v) is 6.07. The summed E-state index contributed by atoms with van der Waals surface area (Å²) in [5.74, 6) is 3.07.